The molecule has 0 spiro atoms. The van der Waals surface area contributed by atoms with Crippen LogP contribution in [0.15, 0.2) is 22.7 Å². The van der Waals surface area contributed by atoms with Gasteiger partial charge in [0, 0.05) is 5.56 Å². The molecule has 0 fully saturated rings. The molecule has 6 heteroatoms. The highest BCUT2D eigenvalue weighted by Crippen LogP contribution is 2.34. The van der Waals surface area contributed by atoms with Crippen LogP contribution in [0.3, 0.4) is 0 Å². The van der Waals surface area contributed by atoms with E-state index in [1.807, 2.05) is 13.8 Å². The molecule has 2 aromatic carbocycles. The lowest BCUT2D eigenvalue weighted by atomic mass is 9.88. The Morgan fingerprint density at radius 1 is 1.04 bits per heavy atom. The van der Waals surface area contributed by atoms with E-state index >= 15 is 0 Å². The van der Waals surface area contributed by atoms with Crippen LogP contribution < -0.4 is 0 Å². The van der Waals surface area contributed by atoms with Gasteiger partial charge in [-0.25, -0.2) is 9.18 Å². The summed E-state index contributed by atoms with van der Waals surface area (Å²) in [4.78, 5) is 16.0. The van der Waals surface area contributed by atoms with Crippen LogP contribution in [-0.4, -0.2) is 21.2 Å². The first-order valence-electron chi connectivity index (χ1n) is 8.17. The minimum absolute atomic E-state index is 0.0649. The molecule has 0 radical (unpaired) electrons. The molecule has 0 bridgehead atoms. The van der Waals surface area contributed by atoms with Crippen molar-refractivity contribution in [1.82, 2.24) is 10.1 Å². The molecule has 1 aromatic heterocycles. The lowest BCUT2D eigenvalue weighted by molar-refractivity contribution is 0.0695. The molecular formula is C20H19FN2O3. The van der Waals surface area contributed by atoms with Gasteiger partial charge < -0.3 is 9.63 Å². The molecule has 0 aliphatic carbocycles. The maximum atomic E-state index is 14.3. The maximum absolute atomic E-state index is 14.3. The van der Waals surface area contributed by atoms with Gasteiger partial charge in [0.05, 0.1) is 11.1 Å². The standard InChI is InChI=1S/C20H19FN2O3/c1-9-7-6-8-14(17(9)21)19-22-18(23-26-19)15-11(3)10(2)12(4)16(13(15)5)20(24)25/h6-8H,1-5H3,(H,24,25). The number of nitrogens with zero attached hydrogens (tertiary/aromatic N) is 2. The van der Waals surface area contributed by atoms with Gasteiger partial charge in [0.2, 0.25) is 5.82 Å². The molecule has 0 saturated heterocycles. The smallest absolute Gasteiger partial charge is 0.336 e. The average Bonchev–Trinajstić information content (AvgIpc) is 3.04. The van der Waals surface area contributed by atoms with Gasteiger partial charge in [0.1, 0.15) is 5.82 Å². The molecule has 0 atom stereocenters. The quantitative estimate of drug-likeness (QED) is 0.732. The first-order valence-corrected chi connectivity index (χ1v) is 8.17. The Morgan fingerprint density at radius 3 is 2.38 bits per heavy atom. The second-order valence-corrected chi connectivity index (χ2v) is 6.41. The molecule has 0 amide bonds. The molecule has 134 valence electrons. The summed E-state index contributed by atoms with van der Waals surface area (Å²) in [5.41, 5.74) is 4.55. The number of halogens is 1. The number of hydrogen-bond acceptors (Lipinski definition) is 4. The van der Waals surface area contributed by atoms with Crippen LogP contribution in [-0.2, 0) is 0 Å². The number of rotatable bonds is 3. The van der Waals surface area contributed by atoms with E-state index in [9.17, 15) is 14.3 Å². The van der Waals surface area contributed by atoms with E-state index in [1.165, 1.54) is 0 Å². The summed E-state index contributed by atoms with van der Waals surface area (Å²) in [6.45, 7) is 8.92. The van der Waals surface area contributed by atoms with Crippen molar-refractivity contribution in [1.29, 1.82) is 0 Å². The van der Waals surface area contributed by atoms with E-state index in [-0.39, 0.29) is 22.8 Å². The zero-order valence-corrected chi connectivity index (χ0v) is 15.3. The Hall–Kier alpha value is -3.02. The minimum atomic E-state index is -1.00. The van der Waals surface area contributed by atoms with Crippen molar-refractivity contribution in [2.75, 3.05) is 0 Å². The van der Waals surface area contributed by atoms with Crippen molar-refractivity contribution in [3.8, 4) is 22.8 Å². The molecule has 0 saturated carbocycles. The Labute approximate surface area is 150 Å². The summed E-state index contributed by atoms with van der Waals surface area (Å²) in [6, 6.07) is 4.95. The molecule has 1 heterocycles. The van der Waals surface area contributed by atoms with E-state index in [1.54, 1.807) is 39.0 Å². The van der Waals surface area contributed by atoms with Crippen molar-refractivity contribution < 1.29 is 18.8 Å². The van der Waals surface area contributed by atoms with Crippen LogP contribution in [0.5, 0.6) is 0 Å². The Bertz CT molecular complexity index is 1040. The fraction of sp³-hybridized carbons (Fsp3) is 0.250. The van der Waals surface area contributed by atoms with E-state index in [0.29, 0.717) is 22.3 Å². The summed E-state index contributed by atoms with van der Waals surface area (Å²) in [7, 11) is 0. The van der Waals surface area contributed by atoms with Crippen LogP contribution in [0.4, 0.5) is 4.39 Å². The zero-order chi connectivity index (χ0) is 19.2. The molecule has 3 rings (SSSR count). The van der Waals surface area contributed by atoms with E-state index in [2.05, 4.69) is 10.1 Å². The Kier molecular flexibility index (Phi) is 4.36. The third-order valence-electron chi connectivity index (χ3n) is 4.91. The molecule has 1 N–H and O–H groups in total. The lowest BCUT2D eigenvalue weighted by Gasteiger charge is -2.16. The van der Waals surface area contributed by atoms with Crippen LogP contribution in [0.1, 0.15) is 38.2 Å². The Balaban J connectivity index is 2.22. The van der Waals surface area contributed by atoms with Crippen LogP contribution in [0, 0.1) is 40.4 Å². The third-order valence-corrected chi connectivity index (χ3v) is 4.91. The van der Waals surface area contributed by atoms with Gasteiger partial charge in [-0.15, -0.1) is 0 Å². The predicted molar refractivity (Wildman–Crippen MR) is 95.8 cm³/mol. The van der Waals surface area contributed by atoms with Gasteiger partial charge in [-0.3, -0.25) is 0 Å². The summed E-state index contributed by atoms with van der Waals surface area (Å²) in [6.07, 6.45) is 0. The average molecular weight is 354 g/mol. The van der Waals surface area contributed by atoms with Gasteiger partial charge in [-0.1, -0.05) is 17.3 Å². The highest BCUT2D eigenvalue weighted by Gasteiger charge is 2.24. The third kappa shape index (κ3) is 2.67. The fourth-order valence-corrected chi connectivity index (χ4v) is 3.25. The Morgan fingerprint density at radius 2 is 1.73 bits per heavy atom. The number of aromatic carboxylic acids is 1. The monoisotopic (exact) mass is 354 g/mol. The minimum Gasteiger partial charge on any atom is -0.478 e. The highest BCUT2D eigenvalue weighted by molar-refractivity contribution is 5.94. The number of carboxylic acids is 1. The number of hydrogen-bond donors (Lipinski definition) is 1. The summed E-state index contributed by atoms with van der Waals surface area (Å²) in [5.74, 6) is -1.10. The first-order chi connectivity index (χ1) is 12.2. The van der Waals surface area contributed by atoms with Crippen LogP contribution in [0.2, 0.25) is 0 Å². The second kappa shape index (κ2) is 6.37. The van der Waals surface area contributed by atoms with Gasteiger partial charge in [-0.05, 0) is 68.5 Å². The largest absolute Gasteiger partial charge is 0.478 e. The molecule has 0 unspecified atom stereocenters. The molecule has 3 aromatic rings. The topological polar surface area (TPSA) is 76.2 Å². The number of aromatic nitrogens is 2. The second-order valence-electron chi connectivity index (χ2n) is 6.41. The molecule has 0 aliphatic heterocycles. The van der Waals surface area contributed by atoms with E-state index in [0.717, 1.165) is 11.1 Å². The summed E-state index contributed by atoms with van der Waals surface area (Å²) >= 11 is 0. The highest BCUT2D eigenvalue weighted by atomic mass is 19.1. The molecule has 5 nitrogen and oxygen atoms in total. The predicted octanol–water partition coefficient (Wildman–Crippen LogP) is 4.78. The summed E-state index contributed by atoms with van der Waals surface area (Å²) in [5, 5.41) is 13.6. The molecular weight excluding hydrogens is 335 g/mol. The van der Waals surface area contributed by atoms with Gasteiger partial charge in [0.15, 0.2) is 0 Å². The molecule has 26 heavy (non-hydrogen) atoms. The van der Waals surface area contributed by atoms with Gasteiger partial charge in [-0.2, -0.15) is 4.98 Å². The van der Waals surface area contributed by atoms with Crippen molar-refractivity contribution >= 4 is 5.97 Å². The number of carboxylic acid groups (broad SMARTS) is 1. The van der Waals surface area contributed by atoms with Crippen molar-refractivity contribution in [3.63, 3.8) is 0 Å². The van der Waals surface area contributed by atoms with Crippen molar-refractivity contribution in [2.45, 2.75) is 34.6 Å². The number of benzene rings is 2. The fourth-order valence-electron chi connectivity index (χ4n) is 3.25. The SMILES string of the molecule is Cc1cccc(-c2nc(-c3c(C)c(C)c(C)c(C(=O)O)c3C)no2)c1F. The lowest BCUT2D eigenvalue weighted by Crippen LogP contribution is -2.09. The van der Waals surface area contributed by atoms with Crippen molar-refractivity contribution in [3.05, 3.63) is 57.4 Å². The maximum Gasteiger partial charge on any atom is 0.336 e. The first kappa shape index (κ1) is 17.8. The van der Waals surface area contributed by atoms with E-state index in [4.69, 9.17) is 4.52 Å². The summed E-state index contributed by atoms with van der Waals surface area (Å²) < 4.78 is 19.6. The van der Waals surface area contributed by atoms with Gasteiger partial charge in [0.25, 0.3) is 5.89 Å². The van der Waals surface area contributed by atoms with Gasteiger partial charge >= 0.3 is 5.97 Å². The number of aryl methyl sites for hydroxylation is 1. The van der Waals surface area contributed by atoms with Crippen molar-refractivity contribution in [2.24, 2.45) is 0 Å². The molecule has 0 aliphatic rings. The van der Waals surface area contributed by atoms with Crippen LogP contribution >= 0.6 is 0 Å². The van der Waals surface area contributed by atoms with Crippen LogP contribution in [0.25, 0.3) is 22.8 Å². The number of carbonyl (C=O) groups is 1. The normalized spacial score (nSPS) is 11.0. The van der Waals surface area contributed by atoms with E-state index < -0.39 is 11.8 Å². The zero-order valence-electron chi connectivity index (χ0n) is 15.3.